The molecular weight excluding hydrogens is 210 g/mol. The van der Waals surface area contributed by atoms with Gasteiger partial charge in [-0.25, -0.2) is 0 Å². The summed E-state index contributed by atoms with van der Waals surface area (Å²) < 4.78 is 10.7. The molecule has 0 radical (unpaired) electrons. The molecule has 0 aromatic heterocycles. The topological polar surface area (TPSA) is 84.9 Å². The molecule has 1 heterocycles. The lowest BCUT2D eigenvalue weighted by molar-refractivity contribution is -0.0754. The van der Waals surface area contributed by atoms with Crippen molar-refractivity contribution in [3.8, 4) is 0 Å². The van der Waals surface area contributed by atoms with Crippen LogP contribution in [-0.2, 0) is 9.47 Å². The van der Waals surface area contributed by atoms with Gasteiger partial charge in [0.2, 0.25) is 0 Å². The number of ether oxygens (including phenoxy) is 2. The first-order valence-corrected chi connectivity index (χ1v) is 5.82. The zero-order chi connectivity index (χ0) is 12.1. The van der Waals surface area contributed by atoms with E-state index < -0.39 is 12.1 Å². The molecule has 1 aliphatic rings. The zero-order valence-electron chi connectivity index (χ0n) is 10.0. The molecule has 1 aliphatic heterocycles. The molecule has 0 aliphatic carbocycles. The van der Waals surface area contributed by atoms with Gasteiger partial charge in [0.1, 0.15) is 0 Å². The third kappa shape index (κ3) is 3.15. The van der Waals surface area contributed by atoms with E-state index in [-0.39, 0.29) is 24.7 Å². The van der Waals surface area contributed by atoms with Crippen molar-refractivity contribution in [2.24, 2.45) is 11.7 Å². The molecule has 5 atom stereocenters. The summed E-state index contributed by atoms with van der Waals surface area (Å²) in [6, 6.07) is -0.457. The number of hydrogen-bond donors (Lipinski definition) is 3. The summed E-state index contributed by atoms with van der Waals surface area (Å²) in [5.74, 6) is 0.0778. The van der Waals surface area contributed by atoms with E-state index in [1.54, 1.807) is 7.11 Å². The molecule has 5 nitrogen and oxygen atoms in total. The Balaban J connectivity index is 2.74. The van der Waals surface area contributed by atoms with Gasteiger partial charge in [0.25, 0.3) is 0 Å². The van der Waals surface area contributed by atoms with Crippen molar-refractivity contribution in [3.05, 3.63) is 0 Å². The molecule has 0 amide bonds. The van der Waals surface area contributed by atoms with Crippen LogP contribution in [0.15, 0.2) is 0 Å². The Morgan fingerprint density at radius 1 is 1.50 bits per heavy atom. The van der Waals surface area contributed by atoms with Gasteiger partial charge in [-0.1, -0.05) is 13.3 Å². The monoisotopic (exact) mass is 233 g/mol. The van der Waals surface area contributed by atoms with Gasteiger partial charge in [0.15, 0.2) is 0 Å². The molecule has 5 unspecified atom stereocenters. The summed E-state index contributed by atoms with van der Waals surface area (Å²) in [5, 5.41) is 19.3. The number of rotatable bonds is 4. The summed E-state index contributed by atoms with van der Waals surface area (Å²) in [4.78, 5) is 0. The molecule has 0 aromatic carbocycles. The Bertz CT molecular complexity index is 202. The van der Waals surface area contributed by atoms with E-state index in [1.807, 2.05) is 6.92 Å². The minimum atomic E-state index is -0.596. The van der Waals surface area contributed by atoms with Crippen LogP contribution in [-0.4, -0.2) is 54.9 Å². The third-order valence-corrected chi connectivity index (χ3v) is 3.30. The van der Waals surface area contributed by atoms with Crippen LogP contribution in [0, 0.1) is 5.92 Å². The summed E-state index contributed by atoms with van der Waals surface area (Å²) in [6.07, 6.45) is 0.264. The fourth-order valence-electron chi connectivity index (χ4n) is 2.25. The molecule has 1 rings (SSSR count). The predicted molar refractivity (Wildman–Crippen MR) is 60.0 cm³/mol. The largest absolute Gasteiger partial charge is 0.394 e. The number of nitrogens with two attached hydrogens (primary N) is 1. The first-order chi connectivity index (χ1) is 7.63. The molecule has 5 heteroatoms. The second-order valence-electron chi connectivity index (χ2n) is 4.41. The second kappa shape index (κ2) is 6.51. The molecule has 0 saturated carbocycles. The normalized spacial score (nSPS) is 40.7. The molecule has 4 N–H and O–H groups in total. The van der Waals surface area contributed by atoms with Crippen LogP contribution in [0.2, 0.25) is 0 Å². The van der Waals surface area contributed by atoms with Gasteiger partial charge in [-0.15, -0.1) is 0 Å². The Hall–Kier alpha value is -0.200. The SMILES string of the molecule is CCC1CC(CO)OC(COC)C(N)C1O. The lowest BCUT2D eigenvalue weighted by atomic mass is 9.89. The maximum absolute atomic E-state index is 10.1. The highest BCUT2D eigenvalue weighted by atomic mass is 16.5. The van der Waals surface area contributed by atoms with Crippen LogP contribution in [0.3, 0.4) is 0 Å². The van der Waals surface area contributed by atoms with Crippen molar-refractivity contribution < 1.29 is 19.7 Å². The lowest BCUT2D eigenvalue weighted by Crippen LogP contribution is -2.49. The maximum atomic E-state index is 10.1. The molecular formula is C11H23NO4. The van der Waals surface area contributed by atoms with Crippen LogP contribution in [0.4, 0.5) is 0 Å². The molecule has 0 aromatic rings. The average Bonchev–Trinajstić information content (AvgIpc) is 2.41. The maximum Gasteiger partial charge on any atom is 0.0988 e. The summed E-state index contributed by atoms with van der Waals surface area (Å²) in [7, 11) is 1.57. The zero-order valence-corrected chi connectivity index (χ0v) is 10.0. The van der Waals surface area contributed by atoms with Gasteiger partial charge in [-0.2, -0.15) is 0 Å². The number of aliphatic hydroxyl groups excluding tert-OH is 2. The van der Waals surface area contributed by atoms with Gasteiger partial charge in [-0.3, -0.25) is 0 Å². The Morgan fingerprint density at radius 2 is 2.19 bits per heavy atom. The van der Waals surface area contributed by atoms with Crippen LogP contribution in [0.5, 0.6) is 0 Å². The van der Waals surface area contributed by atoms with Gasteiger partial charge < -0.3 is 25.4 Å². The standard InChI is InChI=1S/C11H23NO4/c1-3-7-4-8(5-13)16-9(6-15-2)10(12)11(7)14/h7-11,13-14H,3-6,12H2,1-2H3. The van der Waals surface area contributed by atoms with Gasteiger partial charge in [-0.05, 0) is 12.3 Å². The summed E-state index contributed by atoms with van der Waals surface area (Å²) in [6.45, 7) is 2.30. The van der Waals surface area contributed by atoms with E-state index >= 15 is 0 Å². The van der Waals surface area contributed by atoms with Crippen LogP contribution < -0.4 is 5.73 Å². The minimum absolute atomic E-state index is 0.0455. The van der Waals surface area contributed by atoms with Gasteiger partial charge in [0, 0.05) is 7.11 Å². The van der Waals surface area contributed by atoms with Crippen molar-refractivity contribution >= 4 is 0 Å². The van der Waals surface area contributed by atoms with Crippen molar-refractivity contribution in [1.29, 1.82) is 0 Å². The van der Waals surface area contributed by atoms with Crippen LogP contribution >= 0.6 is 0 Å². The highest BCUT2D eigenvalue weighted by Crippen LogP contribution is 2.26. The van der Waals surface area contributed by atoms with Crippen molar-refractivity contribution in [1.82, 2.24) is 0 Å². The van der Waals surface area contributed by atoms with E-state index in [1.165, 1.54) is 0 Å². The molecule has 0 bridgehead atoms. The third-order valence-electron chi connectivity index (χ3n) is 3.30. The van der Waals surface area contributed by atoms with Gasteiger partial charge >= 0.3 is 0 Å². The number of hydrogen-bond acceptors (Lipinski definition) is 5. The van der Waals surface area contributed by atoms with Gasteiger partial charge in [0.05, 0.1) is 37.6 Å². The first-order valence-electron chi connectivity index (χ1n) is 5.82. The molecule has 96 valence electrons. The van der Waals surface area contributed by atoms with Crippen LogP contribution in [0.1, 0.15) is 19.8 Å². The van der Waals surface area contributed by atoms with E-state index in [4.69, 9.17) is 15.2 Å². The second-order valence-corrected chi connectivity index (χ2v) is 4.41. The smallest absolute Gasteiger partial charge is 0.0988 e. The van der Waals surface area contributed by atoms with Crippen molar-refractivity contribution in [2.75, 3.05) is 20.3 Å². The molecule has 1 fully saturated rings. The molecule has 16 heavy (non-hydrogen) atoms. The van der Waals surface area contributed by atoms with E-state index in [0.717, 1.165) is 6.42 Å². The van der Waals surface area contributed by atoms with Crippen LogP contribution in [0.25, 0.3) is 0 Å². The highest BCUT2D eigenvalue weighted by Gasteiger charge is 2.37. The average molecular weight is 233 g/mol. The van der Waals surface area contributed by atoms with Crippen molar-refractivity contribution in [2.45, 2.75) is 44.1 Å². The molecule has 0 spiro atoms. The first kappa shape index (κ1) is 13.9. The predicted octanol–water partition coefficient (Wildman–Crippen LogP) is -0.503. The minimum Gasteiger partial charge on any atom is -0.394 e. The highest BCUT2D eigenvalue weighted by molar-refractivity contribution is 4.90. The quantitative estimate of drug-likeness (QED) is 0.609. The lowest BCUT2D eigenvalue weighted by Gasteiger charge is -2.27. The number of aliphatic hydroxyl groups is 2. The molecule has 1 saturated heterocycles. The van der Waals surface area contributed by atoms with E-state index in [2.05, 4.69) is 0 Å². The van der Waals surface area contributed by atoms with E-state index in [0.29, 0.717) is 13.0 Å². The fraction of sp³-hybridized carbons (Fsp3) is 1.00. The van der Waals surface area contributed by atoms with Crippen molar-refractivity contribution in [3.63, 3.8) is 0 Å². The fourth-order valence-corrected chi connectivity index (χ4v) is 2.25. The Kier molecular flexibility index (Phi) is 5.64. The summed E-state index contributed by atoms with van der Waals surface area (Å²) >= 11 is 0. The number of methoxy groups -OCH3 is 1. The van der Waals surface area contributed by atoms with E-state index in [9.17, 15) is 10.2 Å². The Morgan fingerprint density at radius 3 is 2.69 bits per heavy atom. The Labute approximate surface area is 96.5 Å². The summed E-state index contributed by atoms with van der Waals surface area (Å²) in [5.41, 5.74) is 5.95.